The first kappa shape index (κ1) is 16.9. The molecular weight excluding hydrogens is 354 g/mol. The molecule has 0 aliphatic carbocycles. The molecule has 3 rings (SSSR count). The Morgan fingerprint density at radius 2 is 2.25 bits per heavy atom. The quantitative estimate of drug-likeness (QED) is 0.819. The molecule has 2 aliphatic heterocycles. The average molecular weight is 370 g/mol. The molecular formula is C16H16ClNO5S. The molecule has 2 aliphatic rings. The molecule has 0 fully saturated rings. The van der Waals surface area contributed by atoms with Crippen molar-refractivity contribution in [1.82, 2.24) is 5.32 Å². The third kappa shape index (κ3) is 3.01. The molecule has 1 unspecified atom stereocenters. The lowest BCUT2D eigenvalue weighted by atomic mass is 9.87. The molecule has 0 amide bonds. The number of nitrogens with one attached hydrogen (secondary N) is 1. The van der Waals surface area contributed by atoms with Crippen molar-refractivity contribution >= 4 is 35.1 Å². The molecule has 0 aromatic carbocycles. The SMILES string of the molecule is CC1=C(OC(=O)OC(C)C)C(c2ccsc2Cl)C2=C(COC2=O)N1. The maximum Gasteiger partial charge on any atom is 0.513 e. The summed E-state index contributed by atoms with van der Waals surface area (Å²) in [7, 11) is 0. The van der Waals surface area contributed by atoms with Crippen molar-refractivity contribution in [3.05, 3.63) is 44.1 Å². The van der Waals surface area contributed by atoms with E-state index in [0.717, 1.165) is 0 Å². The fourth-order valence-electron chi connectivity index (χ4n) is 2.70. The van der Waals surface area contributed by atoms with Gasteiger partial charge in [0.1, 0.15) is 12.4 Å². The van der Waals surface area contributed by atoms with Crippen LogP contribution in [0.3, 0.4) is 0 Å². The fourth-order valence-corrected chi connectivity index (χ4v) is 3.68. The van der Waals surface area contributed by atoms with Crippen molar-refractivity contribution in [2.45, 2.75) is 32.8 Å². The smallest absolute Gasteiger partial charge is 0.456 e. The number of thiophene rings is 1. The van der Waals surface area contributed by atoms with Gasteiger partial charge in [0, 0.05) is 0 Å². The Bertz CT molecular complexity index is 764. The van der Waals surface area contributed by atoms with E-state index in [2.05, 4.69) is 5.32 Å². The number of ether oxygens (including phenoxy) is 3. The predicted octanol–water partition coefficient (Wildman–Crippen LogP) is 3.69. The highest BCUT2D eigenvalue weighted by Crippen LogP contribution is 2.45. The van der Waals surface area contributed by atoms with Gasteiger partial charge in [-0.3, -0.25) is 0 Å². The number of hydrogen-bond acceptors (Lipinski definition) is 7. The summed E-state index contributed by atoms with van der Waals surface area (Å²) in [5.74, 6) is -0.760. The van der Waals surface area contributed by atoms with Gasteiger partial charge in [0.15, 0.2) is 0 Å². The normalized spacial score (nSPS) is 20.0. The standard InChI is InChI=1S/C16H16ClNO5S/c1-7(2)22-16(20)23-13-8(3)18-10-6-21-15(19)12(10)11(13)9-4-5-24-14(9)17/h4-5,7,11,18H,6H2,1-3H3. The molecule has 1 N–H and O–H groups in total. The highest BCUT2D eigenvalue weighted by atomic mass is 35.5. The fraction of sp³-hybridized carbons (Fsp3) is 0.375. The molecule has 1 atom stereocenters. The highest BCUT2D eigenvalue weighted by molar-refractivity contribution is 7.14. The number of carbonyl (C=O) groups excluding carboxylic acids is 2. The molecule has 0 radical (unpaired) electrons. The molecule has 128 valence electrons. The first-order valence-electron chi connectivity index (χ1n) is 7.37. The van der Waals surface area contributed by atoms with Gasteiger partial charge in [0.25, 0.3) is 0 Å². The predicted molar refractivity (Wildman–Crippen MR) is 88.6 cm³/mol. The molecule has 24 heavy (non-hydrogen) atoms. The summed E-state index contributed by atoms with van der Waals surface area (Å²) in [5.41, 5.74) is 2.38. The van der Waals surface area contributed by atoms with Crippen LogP contribution in [0.15, 0.2) is 34.2 Å². The first-order valence-corrected chi connectivity index (χ1v) is 8.63. The maximum atomic E-state index is 12.2. The number of dihydropyridines is 1. The van der Waals surface area contributed by atoms with Gasteiger partial charge in [0.05, 0.1) is 33.3 Å². The first-order chi connectivity index (χ1) is 11.4. The van der Waals surface area contributed by atoms with E-state index in [1.165, 1.54) is 11.3 Å². The number of esters is 1. The summed E-state index contributed by atoms with van der Waals surface area (Å²) in [5, 5.41) is 4.89. The molecule has 0 saturated heterocycles. The average Bonchev–Trinajstić information content (AvgIpc) is 3.06. The van der Waals surface area contributed by atoms with Gasteiger partial charge in [-0.1, -0.05) is 11.6 Å². The summed E-state index contributed by atoms with van der Waals surface area (Å²) < 4.78 is 16.1. The highest BCUT2D eigenvalue weighted by Gasteiger charge is 2.42. The van der Waals surface area contributed by atoms with Crippen molar-refractivity contribution in [3.8, 4) is 0 Å². The topological polar surface area (TPSA) is 73.9 Å². The Hall–Kier alpha value is -1.99. The molecule has 0 saturated carbocycles. The second-order valence-electron chi connectivity index (χ2n) is 5.68. The Labute approximate surface area is 148 Å². The van der Waals surface area contributed by atoms with Crippen molar-refractivity contribution in [1.29, 1.82) is 0 Å². The number of allylic oxidation sites excluding steroid dienone is 2. The lowest BCUT2D eigenvalue weighted by Gasteiger charge is -2.27. The van der Waals surface area contributed by atoms with Gasteiger partial charge in [0.2, 0.25) is 0 Å². The number of cyclic esters (lactones) is 1. The zero-order valence-corrected chi connectivity index (χ0v) is 14.9. The number of hydrogen-bond donors (Lipinski definition) is 1. The van der Waals surface area contributed by atoms with E-state index < -0.39 is 18.0 Å². The van der Waals surface area contributed by atoms with E-state index in [1.54, 1.807) is 20.8 Å². The van der Waals surface area contributed by atoms with Gasteiger partial charge in [-0.15, -0.1) is 11.3 Å². The van der Waals surface area contributed by atoms with Crippen LogP contribution in [0, 0.1) is 0 Å². The number of halogens is 1. The van der Waals surface area contributed by atoms with E-state index >= 15 is 0 Å². The van der Waals surface area contributed by atoms with Crippen LogP contribution in [0.25, 0.3) is 0 Å². The Morgan fingerprint density at radius 3 is 2.88 bits per heavy atom. The van der Waals surface area contributed by atoms with E-state index in [-0.39, 0.29) is 12.7 Å². The second kappa shape index (κ2) is 6.49. The van der Waals surface area contributed by atoms with Gasteiger partial charge in [-0.05, 0) is 37.8 Å². The maximum absolute atomic E-state index is 12.2. The van der Waals surface area contributed by atoms with E-state index in [9.17, 15) is 9.59 Å². The molecule has 0 bridgehead atoms. The van der Waals surface area contributed by atoms with Crippen LogP contribution >= 0.6 is 22.9 Å². The van der Waals surface area contributed by atoms with Crippen LogP contribution in [-0.4, -0.2) is 24.8 Å². The Kier molecular flexibility index (Phi) is 4.56. The summed E-state index contributed by atoms with van der Waals surface area (Å²) in [6.45, 7) is 5.37. The van der Waals surface area contributed by atoms with Gasteiger partial charge in [-0.25, -0.2) is 9.59 Å². The minimum Gasteiger partial charge on any atom is -0.456 e. The Morgan fingerprint density at radius 1 is 1.50 bits per heavy atom. The zero-order valence-electron chi connectivity index (χ0n) is 13.3. The van der Waals surface area contributed by atoms with Crippen molar-refractivity contribution < 1.29 is 23.8 Å². The third-order valence-electron chi connectivity index (χ3n) is 3.63. The van der Waals surface area contributed by atoms with Gasteiger partial charge < -0.3 is 19.5 Å². The summed E-state index contributed by atoms with van der Waals surface area (Å²) in [6.07, 6.45) is -1.14. The molecule has 8 heteroatoms. The molecule has 0 spiro atoms. The van der Waals surface area contributed by atoms with Crippen LogP contribution in [0.5, 0.6) is 0 Å². The summed E-state index contributed by atoms with van der Waals surface area (Å²) in [4.78, 5) is 24.2. The zero-order chi connectivity index (χ0) is 17.4. The minimum atomic E-state index is -0.826. The van der Waals surface area contributed by atoms with Crippen molar-refractivity contribution in [2.75, 3.05) is 6.61 Å². The number of carbonyl (C=O) groups is 2. The van der Waals surface area contributed by atoms with Crippen LogP contribution in [0.4, 0.5) is 4.79 Å². The van der Waals surface area contributed by atoms with E-state index in [0.29, 0.717) is 32.6 Å². The summed E-state index contributed by atoms with van der Waals surface area (Å²) in [6, 6.07) is 1.81. The second-order valence-corrected chi connectivity index (χ2v) is 7.20. The molecule has 1 aromatic rings. The van der Waals surface area contributed by atoms with Crippen LogP contribution in [-0.2, 0) is 19.0 Å². The van der Waals surface area contributed by atoms with Crippen LogP contribution in [0.2, 0.25) is 4.34 Å². The molecule has 6 nitrogen and oxygen atoms in total. The largest absolute Gasteiger partial charge is 0.513 e. The lowest BCUT2D eigenvalue weighted by molar-refractivity contribution is -0.136. The summed E-state index contributed by atoms with van der Waals surface area (Å²) >= 11 is 7.62. The Balaban J connectivity index is 2.02. The molecule has 3 heterocycles. The number of rotatable bonds is 3. The van der Waals surface area contributed by atoms with Crippen LogP contribution in [0.1, 0.15) is 32.3 Å². The van der Waals surface area contributed by atoms with Crippen molar-refractivity contribution in [3.63, 3.8) is 0 Å². The lowest BCUT2D eigenvalue weighted by Crippen LogP contribution is -2.28. The van der Waals surface area contributed by atoms with E-state index in [4.69, 9.17) is 25.8 Å². The van der Waals surface area contributed by atoms with Gasteiger partial charge >= 0.3 is 12.1 Å². The van der Waals surface area contributed by atoms with Gasteiger partial charge in [-0.2, -0.15) is 0 Å². The van der Waals surface area contributed by atoms with Crippen LogP contribution < -0.4 is 5.32 Å². The monoisotopic (exact) mass is 369 g/mol. The minimum absolute atomic E-state index is 0.160. The van der Waals surface area contributed by atoms with Crippen molar-refractivity contribution in [2.24, 2.45) is 0 Å². The van der Waals surface area contributed by atoms with E-state index in [1.807, 2.05) is 11.4 Å². The third-order valence-corrected chi connectivity index (χ3v) is 4.83. The molecule has 1 aromatic heterocycles.